The van der Waals surface area contributed by atoms with Crippen molar-refractivity contribution in [2.75, 3.05) is 24.3 Å². The Hall–Kier alpha value is -1.27. The first kappa shape index (κ1) is 17.1. The Balaban J connectivity index is 1.89. The molecule has 22 heavy (non-hydrogen) atoms. The first-order valence-electron chi connectivity index (χ1n) is 7.26. The molecule has 1 aromatic carbocycles. The molecule has 1 aromatic rings. The molecule has 6 heteroatoms. The molecule has 0 N–H and O–H groups in total. The third-order valence-electron chi connectivity index (χ3n) is 3.53. The summed E-state index contributed by atoms with van der Waals surface area (Å²) in [4.78, 5) is 13.8. The van der Waals surface area contributed by atoms with E-state index in [9.17, 15) is 13.2 Å². The minimum absolute atomic E-state index is 0.0755. The normalized spacial score (nSPS) is 19.5. The molecule has 0 radical (unpaired) electrons. The highest BCUT2D eigenvalue weighted by atomic mass is 32.2. The number of amides is 1. The standard InChI is InChI=1S/C16H21NO3S2/c1-22(19,20)16-13-21-12-11-17(16)15(18)10-6-5-9-14-7-3-2-4-8-14/h2-5,7-9,16H,6,10-13H2,1H3. The molecule has 1 atom stereocenters. The highest BCUT2D eigenvalue weighted by Crippen LogP contribution is 2.21. The van der Waals surface area contributed by atoms with E-state index >= 15 is 0 Å². The molecule has 0 spiro atoms. The molecule has 120 valence electrons. The van der Waals surface area contributed by atoms with Gasteiger partial charge in [0, 0.05) is 30.7 Å². The lowest BCUT2D eigenvalue weighted by Gasteiger charge is -2.34. The van der Waals surface area contributed by atoms with Crippen LogP contribution >= 0.6 is 11.8 Å². The summed E-state index contributed by atoms with van der Waals surface area (Å²) in [6.07, 6.45) is 6.11. The van der Waals surface area contributed by atoms with Gasteiger partial charge in [-0.3, -0.25) is 4.79 Å². The molecule has 0 aromatic heterocycles. The van der Waals surface area contributed by atoms with Gasteiger partial charge in [0.25, 0.3) is 0 Å². The van der Waals surface area contributed by atoms with Gasteiger partial charge < -0.3 is 4.90 Å². The Labute approximate surface area is 136 Å². The Bertz CT molecular complexity index is 626. The van der Waals surface area contributed by atoms with Crippen LogP contribution in [0.3, 0.4) is 0 Å². The molecule has 0 aliphatic carbocycles. The molecule has 1 heterocycles. The topological polar surface area (TPSA) is 54.5 Å². The van der Waals surface area contributed by atoms with Crippen LogP contribution in [0, 0.1) is 0 Å². The van der Waals surface area contributed by atoms with Gasteiger partial charge in [0.15, 0.2) is 9.84 Å². The summed E-state index contributed by atoms with van der Waals surface area (Å²) in [5.74, 6) is 1.20. The Kier molecular flexibility index (Phi) is 6.08. The number of carbonyl (C=O) groups is 1. The molecule has 4 nitrogen and oxygen atoms in total. The van der Waals surface area contributed by atoms with Gasteiger partial charge in [0.05, 0.1) is 0 Å². The van der Waals surface area contributed by atoms with Gasteiger partial charge in [-0.1, -0.05) is 42.5 Å². The Morgan fingerprint density at radius 2 is 2.09 bits per heavy atom. The Morgan fingerprint density at radius 3 is 2.77 bits per heavy atom. The van der Waals surface area contributed by atoms with Crippen LogP contribution in [-0.4, -0.2) is 48.9 Å². The summed E-state index contributed by atoms with van der Waals surface area (Å²) < 4.78 is 23.6. The van der Waals surface area contributed by atoms with Crippen LogP contribution < -0.4 is 0 Å². The van der Waals surface area contributed by atoms with Crippen LogP contribution in [-0.2, 0) is 14.6 Å². The molecule has 2 rings (SSSR count). The van der Waals surface area contributed by atoms with Crippen LogP contribution in [0.2, 0.25) is 0 Å². The summed E-state index contributed by atoms with van der Waals surface area (Å²) >= 11 is 1.59. The SMILES string of the molecule is CS(=O)(=O)C1CSCCN1C(=O)CCC=Cc1ccccc1. The molecule has 1 fully saturated rings. The zero-order valence-corrected chi connectivity index (χ0v) is 14.3. The van der Waals surface area contributed by atoms with Crippen molar-refractivity contribution in [3.8, 4) is 0 Å². The lowest BCUT2D eigenvalue weighted by Crippen LogP contribution is -2.49. The maximum absolute atomic E-state index is 12.3. The summed E-state index contributed by atoms with van der Waals surface area (Å²) in [5.41, 5.74) is 1.10. The van der Waals surface area contributed by atoms with Gasteiger partial charge in [0.1, 0.15) is 5.37 Å². The van der Waals surface area contributed by atoms with E-state index in [-0.39, 0.29) is 5.91 Å². The van der Waals surface area contributed by atoms with Crippen molar-refractivity contribution in [1.82, 2.24) is 4.90 Å². The number of nitrogens with zero attached hydrogens (tertiary/aromatic N) is 1. The summed E-state index contributed by atoms with van der Waals surface area (Å²) in [6, 6.07) is 9.89. The lowest BCUT2D eigenvalue weighted by molar-refractivity contribution is -0.131. The highest BCUT2D eigenvalue weighted by Gasteiger charge is 2.33. The van der Waals surface area contributed by atoms with E-state index in [1.165, 1.54) is 11.2 Å². The summed E-state index contributed by atoms with van der Waals surface area (Å²) in [5, 5.41) is -0.670. The smallest absolute Gasteiger partial charge is 0.223 e. The number of allylic oxidation sites excluding steroid dienone is 1. The van der Waals surface area contributed by atoms with E-state index in [2.05, 4.69) is 0 Å². The maximum atomic E-state index is 12.3. The molecule has 1 aliphatic rings. The fourth-order valence-electron chi connectivity index (χ4n) is 2.36. The molecular formula is C16H21NO3S2. The first-order chi connectivity index (χ1) is 10.5. The van der Waals surface area contributed by atoms with Gasteiger partial charge in [-0.15, -0.1) is 0 Å². The van der Waals surface area contributed by atoms with Gasteiger partial charge in [-0.2, -0.15) is 11.8 Å². The molecule has 0 saturated carbocycles. The molecule has 1 amide bonds. The predicted molar refractivity (Wildman–Crippen MR) is 92.4 cm³/mol. The fraction of sp³-hybridized carbons (Fsp3) is 0.438. The number of carbonyl (C=O) groups excluding carboxylic acids is 1. The van der Waals surface area contributed by atoms with E-state index in [4.69, 9.17) is 0 Å². The number of benzene rings is 1. The minimum atomic E-state index is -3.23. The number of thioether (sulfide) groups is 1. The summed E-state index contributed by atoms with van der Waals surface area (Å²) in [6.45, 7) is 0.517. The first-order valence-corrected chi connectivity index (χ1v) is 10.4. The van der Waals surface area contributed by atoms with Crippen LogP contribution in [0.5, 0.6) is 0 Å². The third-order valence-corrected chi connectivity index (χ3v) is 6.18. The second-order valence-corrected chi connectivity index (χ2v) is 8.65. The second kappa shape index (κ2) is 7.83. The van der Waals surface area contributed by atoms with Crippen molar-refractivity contribution >= 4 is 33.6 Å². The van der Waals surface area contributed by atoms with Crippen molar-refractivity contribution in [1.29, 1.82) is 0 Å². The number of hydrogen-bond acceptors (Lipinski definition) is 4. The van der Waals surface area contributed by atoms with E-state index in [1.807, 2.05) is 42.5 Å². The second-order valence-electron chi connectivity index (χ2n) is 5.30. The van der Waals surface area contributed by atoms with E-state index in [0.717, 1.165) is 11.3 Å². The van der Waals surface area contributed by atoms with Crippen molar-refractivity contribution in [2.45, 2.75) is 18.2 Å². The van der Waals surface area contributed by atoms with Gasteiger partial charge in [-0.25, -0.2) is 8.42 Å². The predicted octanol–water partition coefficient (Wildman–Crippen LogP) is 2.43. The largest absolute Gasteiger partial charge is 0.324 e. The average Bonchev–Trinajstić information content (AvgIpc) is 2.51. The molecular weight excluding hydrogens is 318 g/mol. The van der Waals surface area contributed by atoms with Crippen LogP contribution in [0.25, 0.3) is 6.08 Å². The van der Waals surface area contributed by atoms with Crippen LogP contribution in [0.1, 0.15) is 18.4 Å². The minimum Gasteiger partial charge on any atom is -0.324 e. The maximum Gasteiger partial charge on any atom is 0.223 e. The highest BCUT2D eigenvalue weighted by molar-refractivity contribution is 8.00. The summed E-state index contributed by atoms with van der Waals surface area (Å²) in [7, 11) is -3.23. The zero-order valence-electron chi connectivity index (χ0n) is 12.6. The zero-order chi connectivity index (χ0) is 16.0. The quantitative estimate of drug-likeness (QED) is 0.827. The average molecular weight is 339 g/mol. The van der Waals surface area contributed by atoms with Crippen molar-refractivity contribution in [3.05, 3.63) is 42.0 Å². The lowest BCUT2D eigenvalue weighted by atomic mass is 10.2. The third kappa shape index (κ3) is 4.88. The van der Waals surface area contributed by atoms with E-state index in [1.54, 1.807) is 11.8 Å². The molecule has 1 aliphatic heterocycles. The number of rotatable bonds is 5. The van der Waals surface area contributed by atoms with Crippen molar-refractivity contribution < 1.29 is 13.2 Å². The monoisotopic (exact) mass is 339 g/mol. The van der Waals surface area contributed by atoms with Gasteiger partial charge in [-0.05, 0) is 12.0 Å². The van der Waals surface area contributed by atoms with Crippen LogP contribution in [0.4, 0.5) is 0 Å². The Morgan fingerprint density at radius 1 is 1.36 bits per heavy atom. The van der Waals surface area contributed by atoms with Crippen molar-refractivity contribution in [3.63, 3.8) is 0 Å². The number of sulfone groups is 1. The number of hydrogen-bond donors (Lipinski definition) is 0. The van der Waals surface area contributed by atoms with E-state index in [0.29, 0.717) is 25.1 Å². The molecule has 1 unspecified atom stereocenters. The van der Waals surface area contributed by atoms with E-state index < -0.39 is 15.2 Å². The van der Waals surface area contributed by atoms with Crippen molar-refractivity contribution in [2.24, 2.45) is 0 Å². The van der Waals surface area contributed by atoms with Gasteiger partial charge in [0.2, 0.25) is 5.91 Å². The van der Waals surface area contributed by atoms with Gasteiger partial charge >= 0.3 is 0 Å². The fourth-order valence-corrected chi connectivity index (χ4v) is 5.19. The molecule has 1 saturated heterocycles. The van der Waals surface area contributed by atoms with Crippen LogP contribution in [0.15, 0.2) is 36.4 Å². The molecule has 0 bridgehead atoms.